The first kappa shape index (κ1) is 18.4. The molecule has 1 saturated heterocycles. The van der Waals surface area contributed by atoms with Gasteiger partial charge in [-0.15, -0.1) is 0 Å². The summed E-state index contributed by atoms with van der Waals surface area (Å²) < 4.78 is 13.2. The summed E-state index contributed by atoms with van der Waals surface area (Å²) in [5.41, 5.74) is 2.19. The van der Waals surface area contributed by atoms with Crippen molar-refractivity contribution in [3.8, 4) is 0 Å². The number of carbonyl (C=O) groups excluding carboxylic acids is 2. The van der Waals surface area contributed by atoms with Crippen LogP contribution in [0.25, 0.3) is 0 Å². The van der Waals surface area contributed by atoms with Gasteiger partial charge in [-0.1, -0.05) is 41.1 Å². The van der Waals surface area contributed by atoms with Crippen LogP contribution in [0.4, 0.5) is 15.8 Å². The lowest BCUT2D eigenvalue weighted by Crippen LogP contribution is -2.28. The Bertz CT molecular complexity index is 887. The number of halogens is 2. The Morgan fingerprint density at radius 2 is 2.04 bits per heavy atom. The van der Waals surface area contributed by atoms with Crippen LogP contribution in [0, 0.1) is 12.7 Å². The Hall–Kier alpha value is -2.38. The second kappa shape index (κ2) is 7.88. The van der Waals surface area contributed by atoms with E-state index in [-0.39, 0.29) is 23.3 Å². The number of hydrogen-bond acceptors (Lipinski definition) is 4. The zero-order valence-corrected chi connectivity index (χ0v) is 15.3. The van der Waals surface area contributed by atoms with Crippen LogP contribution in [0.3, 0.4) is 0 Å². The van der Waals surface area contributed by atoms with Crippen LogP contribution >= 0.6 is 23.4 Å². The number of aliphatic imine (C=N–C) groups is 1. The van der Waals surface area contributed by atoms with Gasteiger partial charge in [0.25, 0.3) is 0 Å². The van der Waals surface area contributed by atoms with Crippen molar-refractivity contribution >= 4 is 51.7 Å². The van der Waals surface area contributed by atoms with Gasteiger partial charge in [-0.25, -0.2) is 9.38 Å². The number of hydrogen-bond donors (Lipinski definition) is 2. The molecule has 2 aromatic rings. The maximum Gasteiger partial charge on any atom is 0.240 e. The molecule has 1 aliphatic heterocycles. The molecule has 0 aromatic heterocycles. The molecule has 0 unspecified atom stereocenters. The predicted octanol–water partition coefficient (Wildman–Crippen LogP) is 4.04. The van der Waals surface area contributed by atoms with Crippen molar-refractivity contribution in [2.45, 2.75) is 18.6 Å². The SMILES string of the molecule is Cc1ccc(NC(=O)C[C@@H]2SC(=Nc3ccc(F)c(Cl)c3)NC2=O)cc1. The van der Waals surface area contributed by atoms with E-state index in [1.165, 1.54) is 18.2 Å². The number of carbonyl (C=O) groups is 2. The monoisotopic (exact) mass is 391 g/mol. The number of nitrogens with zero attached hydrogens (tertiary/aromatic N) is 1. The van der Waals surface area contributed by atoms with Crippen LogP contribution in [0.2, 0.25) is 5.02 Å². The highest BCUT2D eigenvalue weighted by molar-refractivity contribution is 8.15. The van der Waals surface area contributed by atoms with Gasteiger partial charge in [-0.3, -0.25) is 9.59 Å². The lowest BCUT2D eigenvalue weighted by molar-refractivity contribution is -0.122. The quantitative estimate of drug-likeness (QED) is 0.826. The van der Waals surface area contributed by atoms with Crippen LogP contribution in [0.1, 0.15) is 12.0 Å². The van der Waals surface area contributed by atoms with Gasteiger partial charge in [-0.05, 0) is 37.3 Å². The summed E-state index contributed by atoms with van der Waals surface area (Å²) in [6.45, 7) is 1.96. The molecule has 0 radical (unpaired) electrons. The van der Waals surface area contributed by atoms with Gasteiger partial charge in [-0.2, -0.15) is 0 Å². The van der Waals surface area contributed by atoms with Crippen LogP contribution in [0.5, 0.6) is 0 Å². The number of nitrogens with one attached hydrogen (secondary N) is 2. The third-order valence-corrected chi connectivity index (χ3v) is 4.99. The van der Waals surface area contributed by atoms with E-state index >= 15 is 0 Å². The summed E-state index contributed by atoms with van der Waals surface area (Å²) in [5.74, 6) is -1.09. The number of anilines is 1. The van der Waals surface area contributed by atoms with Gasteiger partial charge in [0.05, 0.1) is 10.7 Å². The lowest BCUT2D eigenvalue weighted by atomic mass is 10.2. The summed E-state index contributed by atoms with van der Waals surface area (Å²) in [6, 6.07) is 11.4. The number of thioether (sulfide) groups is 1. The van der Waals surface area contributed by atoms with Gasteiger partial charge in [0, 0.05) is 12.1 Å². The van der Waals surface area contributed by atoms with Crippen molar-refractivity contribution in [1.29, 1.82) is 0 Å². The smallest absolute Gasteiger partial charge is 0.240 e. The second-order valence-electron chi connectivity index (χ2n) is 5.73. The zero-order valence-electron chi connectivity index (χ0n) is 13.8. The van der Waals surface area contributed by atoms with E-state index in [4.69, 9.17) is 11.6 Å². The van der Waals surface area contributed by atoms with Crippen LogP contribution < -0.4 is 10.6 Å². The maximum absolute atomic E-state index is 13.2. The minimum Gasteiger partial charge on any atom is -0.326 e. The van der Waals surface area contributed by atoms with E-state index in [0.29, 0.717) is 16.5 Å². The first-order valence-corrected chi connectivity index (χ1v) is 9.04. The molecule has 134 valence electrons. The van der Waals surface area contributed by atoms with E-state index in [0.717, 1.165) is 17.3 Å². The highest BCUT2D eigenvalue weighted by Crippen LogP contribution is 2.27. The van der Waals surface area contributed by atoms with Crippen molar-refractivity contribution in [3.05, 3.63) is 58.9 Å². The number of aryl methyl sites for hydroxylation is 1. The standard InChI is InChI=1S/C18H15ClFN3O2S/c1-10-2-4-11(5-3-10)21-16(24)9-15-17(25)23-18(26-15)22-12-6-7-14(20)13(19)8-12/h2-8,15H,9H2,1H3,(H,21,24)(H,22,23,25)/t15-/m0/s1. The Kier molecular flexibility index (Phi) is 5.58. The number of benzene rings is 2. The summed E-state index contributed by atoms with van der Waals surface area (Å²) in [4.78, 5) is 28.4. The second-order valence-corrected chi connectivity index (χ2v) is 7.33. The molecule has 0 saturated carbocycles. The lowest BCUT2D eigenvalue weighted by Gasteiger charge is -2.07. The molecule has 2 N–H and O–H groups in total. The van der Waals surface area contributed by atoms with Crippen LogP contribution in [-0.4, -0.2) is 22.2 Å². The fourth-order valence-corrected chi connectivity index (χ4v) is 3.44. The van der Waals surface area contributed by atoms with Gasteiger partial charge in [0.2, 0.25) is 11.8 Å². The van der Waals surface area contributed by atoms with Crippen molar-refractivity contribution in [1.82, 2.24) is 5.32 Å². The fraction of sp³-hybridized carbons (Fsp3) is 0.167. The van der Waals surface area contributed by atoms with Gasteiger partial charge < -0.3 is 10.6 Å². The predicted molar refractivity (Wildman–Crippen MR) is 102 cm³/mol. The molecule has 0 spiro atoms. The third kappa shape index (κ3) is 4.62. The Morgan fingerprint density at radius 3 is 2.73 bits per heavy atom. The minimum atomic E-state index is -0.574. The molecule has 8 heteroatoms. The minimum absolute atomic E-state index is 0.0214. The average molecular weight is 392 g/mol. The first-order valence-electron chi connectivity index (χ1n) is 7.78. The molecule has 2 amide bonds. The molecule has 2 aromatic carbocycles. The largest absolute Gasteiger partial charge is 0.326 e. The van der Waals surface area contributed by atoms with E-state index < -0.39 is 11.1 Å². The molecule has 1 atom stereocenters. The molecule has 5 nitrogen and oxygen atoms in total. The summed E-state index contributed by atoms with van der Waals surface area (Å²) in [7, 11) is 0. The van der Waals surface area contributed by atoms with Crippen molar-refractivity contribution in [2.24, 2.45) is 4.99 Å². The summed E-state index contributed by atoms with van der Waals surface area (Å²) in [5, 5.41) is 5.12. The first-order chi connectivity index (χ1) is 12.4. The summed E-state index contributed by atoms with van der Waals surface area (Å²) >= 11 is 6.88. The van der Waals surface area contributed by atoms with Crippen LogP contribution in [-0.2, 0) is 9.59 Å². The van der Waals surface area contributed by atoms with Crippen molar-refractivity contribution < 1.29 is 14.0 Å². The molecule has 0 bridgehead atoms. The topological polar surface area (TPSA) is 70.6 Å². The Balaban J connectivity index is 1.62. The number of rotatable bonds is 4. The van der Waals surface area contributed by atoms with Gasteiger partial charge in [0.15, 0.2) is 5.17 Å². The molecule has 0 aliphatic carbocycles. The third-order valence-electron chi connectivity index (χ3n) is 3.62. The van der Waals surface area contributed by atoms with Gasteiger partial charge >= 0.3 is 0 Å². The highest BCUT2D eigenvalue weighted by atomic mass is 35.5. The molecule has 1 fully saturated rings. The van der Waals surface area contributed by atoms with Crippen molar-refractivity contribution in [2.75, 3.05) is 5.32 Å². The van der Waals surface area contributed by atoms with Gasteiger partial charge in [0.1, 0.15) is 11.1 Å². The fourth-order valence-electron chi connectivity index (χ4n) is 2.28. The molecule has 1 aliphatic rings. The normalized spacial score (nSPS) is 18.0. The molecular weight excluding hydrogens is 377 g/mol. The van der Waals surface area contributed by atoms with E-state index in [1.807, 2.05) is 19.1 Å². The summed E-state index contributed by atoms with van der Waals surface area (Å²) in [6.07, 6.45) is 0.0214. The number of amides is 2. The zero-order chi connectivity index (χ0) is 18.7. The Labute approximate surface area is 159 Å². The van der Waals surface area contributed by atoms with Crippen LogP contribution in [0.15, 0.2) is 47.5 Å². The van der Waals surface area contributed by atoms with E-state index in [9.17, 15) is 14.0 Å². The van der Waals surface area contributed by atoms with Crippen molar-refractivity contribution in [3.63, 3.8) is 0 Å². The highest BCUT2D eigenvalue weighted by Gasteiger charge is 2.32. The molecule has 3 rings (SSSR count). The molecular formula is C18H15ClFN3O2S. The maximum atomic E-state index is 13.2. The number of amidine groups is 1. The Morgan fingerprint density at radius 1 is 1.31 bits per heavy atom. The van der Waals surface area contributed by atoms with E-state index in [1.54, 1.807) is 12.1 Å². The molecule has 26 heavy (non-hydrogen) atoms. The average Bonchev–Trinajstić information content (AvgIpc) is 2.92. The molecule has 1 heterocycles. The van der Waals surface area contributed by atoms with E-state index in [2.05, 4.69) is 15.6 Å².